The van der Waals surface area contributed by atoms with Crippen molar-refractivity contribution in [2.45, 2.75) is 27.6 Å². The van der Waals surface area contributed by atoms with Crippen molar-refractivity contribution in [1.29, 1.82) is 0 Å². The summed E-state index contributed by atoms with van der Waals surface area (Å²) in [6.07, 6.45) is 1.98. The molecule has 5 aromatic rings. The van der Waals surface area contributed by atoms with Crippen molar-refractivity contribution in [3.8, 4) is 16.9 Å². The number of rotatable bonds is 2. The third-order valence-electron chi connectivity index (χ3n) is 6.12. The van der Waals surface area contributed by atoms with Crippen molar-refractivity contribution in [2.75, 3.05) is 0 Å². The minimum Gasteiger partial charge on any atom is -0.236 e. The summed E-state index contributed by atoms with van der Waals surface area (Å²) in [5.41, 5.74) is 7.57. The molecule has 0 unspecified atom stereocenters. The zero-order chi connectivity index (χ0) is 23.5. The van der Waals surface area contributed by atoms with Gasteiger partial charge in [0.1, 0.15) is 11.0 Å². The summed E-state index contributed by atoms with van der Waals surface area (Å²) >= 11 is 0. The van der Waals surface area contributed by atoms with Crippen LogP contribution in [-0.4, -0.2) is 4.57 Å². The second-order valence-electron chi connectivity index (χ2n) is 8.16. The summed E-state index contributed by atoms with van der Waals surface area (Å²) in [4.78, 5) is 0. The molecule has 2 heteroatoms. The van der Waals surface area contributed by atoms with E-state index < -0.39 is 6.85 Å². The van der Waals surface area contributed by atoms with E-state index in [0.29, 0.717) is 5.56 Å². The summed E-state index contributed by atoms with van der Waals surface area (Å²) in [6.45, 7) is 3.93. The number of benzene rings is 3. The zero-order valence-corrected chi connectivity index (χ0v) is 17.8. The SMILES string of the molecule is [2H]C([2H])([2H])c1cc(-n2c3ccccc3c3cccc(C)c32)[n+](C)cc1-c1c(C)cccc1C. The molecular weight excluding hydrogens is 364 g/mol. The van der Waals surface area contributed by atoms with Crippen LogP contribution in [0.1, 0.15) is 26.4 Å². The highest BCUT2D eigenvalue weighted by atomic mass is 15.1. The van der Waals surface area contributed by atoms with Crippen molar-refractivity contribution < 1.29 is 8.68 Å². The van der Waals surface area contributed by atoms with Gasteiger partial charge in [-0.15, -0.1) is 0 Å². The molecule has 0 N–H and O–H groups in total. The lowest BCUT2D eigenvalue weighted by atomic mass is 9.94. The Labute approximate surface area is 182 Å². The van der Waals surface area contributed by atoms with Gasteiger partial charge in [0.2, 0.25) is 0 Å². The number of nitrogens with zero attached hydrogens (tertiary/aromatic N) is 2. The summed E-state index contributed by atoms with van der Waals surface area (Å²) in [6, 6.07) is 22.6. The number of pyridine rings is 1. The molecule has 0 aliphatic heterocycles. The molecule has 0 amide bonds. The van der Waals surface area contributed by atoms with E-state index in [1.165, 1.54) is 5.39 Å². The van der Waals surface area contributed by atoms with Crippen LogP contribution in [0.5, 0.6) is 0 Å². The van der Waals surface area contributed by atoms with E-state index in [1.807, 2.05) is 63.5 Å². The third kappa shape index (κ3) is 2.68. The molecule has 0 radical (unpaired) electrons. The van der Waals surface area contributed by atoms with E-state index in [9.17, 15) is 0 Å². The largest absolute Gasteiger partial charge is 0.287 e. The first kappa shape index (κ1) is 15.4. The maximum atomic E-state index is 8.38. The van der Waals surface area contributed by atoms with Gasteiger partial charge >= 0.3 is 0 Å². The van der Waals surface area contributed by atoms with Crippen molar-refractivity contribution in [3.05, 3.63) is 95.2 Å². The summed E-state index contributed by atoms with van der Waals surface area (Å²) < 4.78 is 29.4. The maximum absolute atomic E-state index is 8.38. The highest BCUT2D eigenvalue weighted by Crippen LogP contribution is 2.34. The van der Waals surface area contributed by atoms with Crippen LogP contribution in [0.25, 0.3) is 38.8 Å². The number of aryl methyl sites for hydroxylation is 5. The fraction of sp³-hybridized carbons (Fsp3) is 0.179. The average molecular weight is 395 g/mol. The first-order chi connectivity index (χ1) is 15.7. The number of hydrogen-bond donors (Lipinski definition) is 0. The zero-order valence-electron chi connectivity index (χ0n) is 20.8. The molecule has 30 heavy (non-hydrogen) atoms. The predicted octanol–water partition coefficient (Wildman–Crippen LogP) is 6.51. The van der Waals surface area contributed by atoms with E-state index in [1.54, 1.807) is 0 Å². The van der Waals surface area contributed by atoms with Gasteiger partial charge < -0.3 is 0 Å². The van der Waals surface area contributed by atoms with Crippen LogP contribution in [0, 0.1) is 27.6 Å². The van der Waals surface area contributed by atoms with Gasteiger partial charge in [0.15, 0.2) is 0 Å². The van der Waals surface area contributed by atoms with E-state index in [0.717, 1.165) is 50.1 Å². The number of aromatic nitrogens is 2. The quantitative estimate of drug-likeness (QED) is 0.302. The second-order valence-corrected chi connectivity index (χ2v) is 8.16. The molecule has 3 aromatic carbocycles. The number of para-hydroxylation sites is 2. The Morgan fingerprint density at radius 2 is 1.43 bits per heavy atom. The van der Waals surface area contributed by atoms with Gasteiger partial charge in [0.25, 0.3) is 5.82 Å². The topological polar surface area (TPSA) is 8.81 Å². The second kappa shape index (κ2) is 6.84. The lowest BCUT2D eigenvalue weighted by Gasteiger charge is -2.14. The maximum Gasteiger partial charge on any atom is 0.287 e. The van der Waals surface area contributed by atoms with Gasteiger partial charge in [-0.1, -0.05) is 42.5 Å². The summed E-state index contributed by atoms with van der Waals surface area (Å²) in [5, 5.41) is 2.32. The molecule has 2 nitrogen and oxygen atoms in total. The van der Waals surface area contributed by atoms with Crippen LogP contribution >= 0.6 is 0 Å². The van der Waals surface area contributed by atoms with Crippen LogP contribution in [0.3, 0.4) is 0 Å². The molecule has 2 aromatic heterocycles. The molecule has 0 atom stereocenters. The molecule has 0 bridgehead atoms. The van der Waals surface area contributed by atoms with Crippen molar-refractivity contribution in [3.63, 3.8) is 0 Å². The molecule has 5 rings (SSSR count). The van der Waals surface area contributed by atoms with Gasteiger partial charge in [-0.3, -0.25) is 0 Å². The lowest BCUT2D eigenvalue weighted by molar-refractivity contribution is -0.665. The highest BCUT2D eigenvalue weighted by Gasteiger charge is 2.23. The Kier molecular flexibility index (Phi) is 3.52. The average Bonchev–Trinajstić information content (AvgIpc) is 3.09. The summed E-state index contributed by atoms with van der Waals surface area (Å²) in [7, 11) is 1.99. The van der Waals surface area contributed by atoms with E-state index >= 15 is 0 Å². The molecule has 0 aliphatic carbocycles. The van der Waals surface area contributed by atoms with Gasteiger partial charge in [0.05, 0.1) is 13.2 Å². The molecule has 148 valence electrons. The fourth-order valence-corrected chi connectivity index (χ4v) is 4.73. The molecule has 0 spiro atoms. The highest BCUT2D eigenvalue weighted by molar-refractivity contribution is 6.10. The normalized spacial score (nSPS) is 13.4. The van der Waals surface area contributed by atoms with Crippen LogP contribution in [0.4, 0.5) is 0 Å². The molecule has 0 saturated heterocycles. The van der Waals surface area contributed by atoms with E-state index in [4.69, 9.17) is 4.11 Å². The molecule has 0 aliphatic rings. The predicted molar refractivity (Wildman–Crippen MR) is 126 cm³/mol. The van der Waals surface area contributed by atoms with Crippen LogP contribution < -0.4 is 4.57 Å². The minimum absolute atomic E-state index is 0.368. The molecular formula is C28H27N2+. The van der Waals surface area contributed by atoms with Crippen molar-refractivity contribution in [1.82, 2.24) is 4.57 Å². The van der Waals surface area contributed by atoms with E-state index in [-0.39, 0.29) is 0 Å². The Morgan fingerprint density at radius 1 is 0.767 bits per heavy atom. The third-order valence-corrected chi connectivity index (χ3v) is 6.12. The van der Waals surface area contributed by atoms with Crippen LogP contribution in [0.2, 0.25) is 0 Å². The Hall–Kier alpha value is -3.39. The standard InChI is InChI=1S/C28H27N2/c1-18-10-8-11-19(2)27(18)24-17-29(5)26(16-21(24)4)30-25-15-7-6-13-22(25)23-14-9-12-20(3)28(23)30/h6-17H,1-5H3/q+1/i4D3. The Bertz CT molecular complexity index is 1520. The van der Waals surface area contributed by atoms with Gasteiger partial charge in [-0.25, -0.2) is 4.57 Å². The number of fused-ring (bicyclic) bond motifs is 3. The monoisotopic (exact) mass is 394 g/mol. The summed E-state index contributed by atoms with van der Waals surface area (Å²) in [5.74, 6) is 0.830. The minimum atomic E-state index is -2.25. The Balaban J connectivity index is 1.91. The smallest absolute Gasteiger partial charge is 0.236 e. The van der Waals surface area contributed by atoms with Crippen molar-refractivity contribution in [2.24, 2.45) is 7.05 Å². The van der Waals surface area contributed by atoms with Crippen LogP contribution in [0.15, 0.2) is 72.9 Å². The van der Waals surface area contributed by atoms with E-state index in [2.05, 4.69) is 46.4 Å². The molecule has 2 heterocycles. The van der Waals surface area contributed by atoms with Crippen LogP contribution in [-0.2, 0) is 7.05 Å². The van der Waals surface area contributed by atoms with Gasteiger partial charge in [-0.05, 0) is 73.6 Å². The molecule has 0 saturated carbocycles. The number of hydrogen-bond acceptors (Lipinski definition) is 0. The first-order valence-corrected chi connectivity index (χ1v) is 10.3. The van der Waals surface area contributed by atoms with Gasteiger partial charge in [0, 0.05) is 26.5 Å². The Morgan fingerprint density at radius 3 is 2.20 bits per heavy atom. The fourth-order valence-electron chi connectivity index (χ4n) is 4.73. The lowest BCUT2D eigenvalue weighted by Crippen LogP contribution is -2.34. The van der Waals surface area contributed by atoms with Crippen molar-refractivity contribution >= 4 is 21.8 Å². The molecule has 0 fully saturated rings. The van der Waals surface area contributed by atoms with Gasteiger partial charge in [-0.2, -0.15) is 4.57 Å². The first-order valence-electron chi connectivity index (χ1n) is 11.8.